The number of nitrogens with zero attached hydrogens (tertiary/aromatic N) is 2. The number of ether oxygens (including phenoxy) is 1. The molecule has 0 fully saturated rings. The first-order valence-corrected chi connectivity index (χ1v) is 10.5. The van der Waals surface area contributed by atoms with Crippen molar-refractivity contribution in [3.05, 3.63) is 69.3 Å². The van der Waals surface area contributed by atoms with Crippen LogP contribution in [0.2, 0.25) is 0 Å². The third kappa shape index (κ3) is 5.09. The summed E-state index contributed by atoms with van der Waals surface area (Å²) in [6, 6.07) is 9.64. The predicted octanol–water partition coefficient (Wildman–Crippen LogP) is 5.20. The lowest BCUT2D eigenvalue weighted by Crippen LogP contribution is -2.24. The first-order valence-electron chi connectivity index (χ1n) is 9.69. The highest BCUT2D eigenvalue weighted by Gasteiger charge is 2.15. The number of hydrogen-bond donors (Lipinski definition) is 1. The quantitative estimate of drug-likeness (QED) is 0.502. The summed E-state index contributed by atoms with van der Waals surface area (Å²) in [5.41, 5.74) is 3.20. The molecule has 29 heavy (non-hydrogen) atoms. The lowest BCUT2D eigenvalue weighted by molar-refractivity contribution is 0.0918. The van der Waals surface area contributed by atoms with Gasteiger partial charge in [0.2, 0.25) is 0 Å². The molecule has 2 heterocycles. The number of halogens is 1. The number of amides is 1. The molecular formula is C22H26BrN3O3. The molecule has 0 saturated carbocycles. The highest BCUT2D eigenvalue weighted by Crippen LogP contribution is 2.28. The molecule has 0 radical (unpaired) electrons. The molecule has 3 aromatic rings. The number of rotatable bonds is 8. The molecule has 6 nitrogen and oxygen atoms in total. The van der Waals surface area contributed by atoms with Gasteiger partial charge < -0.3 is 14.5 Å². The number of carbonyl (C=O) groups is 1. The minimum Gasteiger partial charge on any atom is -0.485 e. The standard InChI is InChI=1S/C22H26BrN3O3/c1-5-26-19(18(23)11-25-26)12-24-22(27)20-9-7-16(29-20)13-28-21-10-15(4)6-8-17(21)14(2)3/h6-11,14H,5,12-13H2,1-4H3,(H,24,27). The van der Waals surface area contributed by atoms with E-state index in [9.17, 15) is 4.79 Å². The first-order chi connectivity index (χ1) is 13.9. The van der Waals surface area contributed by atoms with Gasteiger partial charge in [-0.25, -0.2) is 0 Å². The molecule has 0 saturated heterocycles. The molecule has 0 bridgehead atoms. The Kier molecular flexibility index (Phi) is 6.79. The zero-order valence-corrected chi connectivity index (χ0v) is 18.7. The van der Waals surface area contributed by atoms with Crippen molar-refractivity contribution in [2.24, 2.45) is 0 Å². The molecule has 0 atom stereocenters. The zero-order valence-electron chi connectivity index (χ0n) is 17.2. The van der Waals surface area contributed by atoms with Crippen molar-refractivity contribution in [2.45, 2.75) is 53.3 Å². The van der Waals surface area contributed by atoms with Crippen LogP contribution in [0, 0.1) is 6.92 Å². The minimum atomic E-state index is -0.273. The number of aromatic nitrogens is 2. The van der Waals surface area contributed by atoms with E-state index in [1.54, 1.807) is 18.3 Å². The van der Waals surface area contributed by atoms with Gasteiger partial charge in [-0.3, -0.25) is 9.48 Å². The van der Waals surface area contributed by atoms with Crippen LogP contribution in [0.25, 0.3) is 0 Å². The summed E-state index contributed by atoms with van der Waals surface area (Å²) in [4.78, 5) is 12.4. The minimum absolute atomic E-state index is 0.260. The first kappa shape index (κ1) is 21.2. The van der Waals surface area contributed by atoms with Gasteiger partial charge in [-0.1, -0.05) is 26.0 Å². The Morgan fingerprint density at radius 3 is 2.83 bits per heavy atom. The van der Waals surface area contributed by atoms with Crippen LogP contribution in [-0.4, -0.2) is 15.7 Å². The largest absolute Gasteiger partial charge is 0.485 e. The van der Waals surface area contributed by atoms with Crippen LogP contribution in [0.3, 0.4) is 0 Å². The van der Waals surface area contributed by atoms with Gasteiger partial charge in [0.15, 0.2) is 5.76 Å². The third-order valence-electron chi connectivity index (χ3n) is 4.66. The average molecular weight is 460 g/mol. The Morgan fingerprint density at radius 2 is 2.10 bits per heavy atom. The maximum Gasteiger partial charge on any atom is 0.287 e. The summed E-state index contributed by atoms with van der Waals surface area (Å²) in [6.45, 7) is 9.67. The molecule has 0 aliphatic carbocycles. The van der Waals surface area contributed by atoms with Crippen molar-refractivity contribution in [3.63, 3.8) is 0 Å². The molecular weight excluding hydrogens is 434 g/mol. The van der Waals surface area contributed by atoms with Crippen molar-refractivity contribution >= 4 is 21.8 Å². The Balaban J connectivity index is 1.61. The molecule has 3 rings (SSSR count). The second kappa shape index (κ2) is 9.31. The number of furan rings is 1. The molecule has 0 unspecified atom stereocenters. The van der Waals surface area contributed by atoms with E-state index in [0.717, 1.165) is 33.6 Å². The highest BCUT2D eigenvalue weighted by atomic mass is 79.9. The summed E-state index contributed by atoms with van der Waals surface area (Å²) in [6.07, 6.45) is 1.73. The van der Waals surface area contributed by atoms with Gasteiger partial charge >= 0.3 is 0 Å². The van der Waals surface area contributed by atoms with Gasteiger partial charge in [0.05, 0.1) is 22.9 Å². The van der Waals surface area contributed by atoms with E-state index in [1.165, 1.54) is 0 Å². The van der Waals surface area contributed by atoms with Crippen molar-refractivity contribution in [1.82, 2.24) is 15.1 Å². The molecule has 0 aliphatic heterocycles. The van der Waals surface area contributed by atoms with E-state index in [-0.39, 0.29) is 18.3 Å². The molecule has 1 aromatic carbocycles. The van der Waals surface area contributed by atoms with Gasteiger partial charge in [-0.15, -0.1) is 0 Å². The van der Waals surface area contributed by atoms with Crippen LogP contribution < -0.4 is 10.1 Å². The molecule has 2 aromatic heterocycles. The zero-order chi connectivity index (χ0) is 21.0. The van der Waals surface area contributed by atoms with Gasteiger partial charge in [0.1, 0.15) is 18.1 Å². The fourth-order valence-corrected chi connectivity index (χ4v) is 3.49. The Hall–Kier alpha value is -2.54. The van der Waals surface area contributed by atoms with Crippen molar-refractivity contribution in [1.29, 1.82) is 0 Å². The van der Waals surface area contributed by atoms with Gasteiger partial charge in [-0.2, -0.15) is 5.10 Å². The van der Waals surface area contributed by atoms with Crippen LogP contribution in [0.4, 0.5) is 0 Å². The lowest BCUT2D eigenvalue weighted by atomic mass is 10.0. The average Bonchev–Trinajstić information content (AvgIpc) is 3.30. The van der Waals surface area contributed by atoms with Crippen molar-refractivity contribution < 1.29 is 13.9 Å². The summed E-state index contributed by atoms with van der Waals surface area (Å²) in [7, 11) is 0. The van der Waals surface area contributed by atoms with E-state index < -0.39 is 0 Å². The van der Waals surface area contributed by atoms with E-state index in [0.29, 0.717) is 18.2 Å². The number of nitrogens with one attached hydrogen (secondary N) is 1. The SMILES string of the molecule is CCn1ncc(Br)c1CNC(=O)c1ccc(COc2cc(C)ccc2C(C)C)o1. The lowest BCUT2D eigenvalue weighted by Gasteiger charge is -2.14. The van der Waals surface area contributed by atoms with E-state index in [2.05, 4.69) is 52.3 Å². The van der Waals surface area contributed by atoms with Gasteiger partial charge in [0, 0.05) is 6.54 Å². The molecule has 1 amide bonds. The fraction of sp³-hybridized carbons (Fsp3) is 0.364. The normalized spacial score (nSPS) is 11.1. The maximum absolute atomic E-state index is 12.4. The highest BCUT2D eigenvalue weighted by molar-refractivity contribution is 9.10. The van der Waals surface area contributed by atoms with E-state index >= 15 is 0 Å². The number of benzene rings is 1. The smallest absolute Gasteiger partial charge is 0.287 e. The molecule has 0 spiro atoms. The second-order valence-electron chi connectivity index (χ2n) is 7.19. The van der Waals surface area contributed by atoms with E-state index in [1.807, 2.05) is 24.6 Å². The summed E-state index contributed by atoms with van der Waals surface area (Å²) in [5, 5.41) is 7.12. The molecule has 0 aliphatic rings. The van der Waals surface area contributed by atoms with E-state index in [4.69, 9.17) is 9.15 Å². The fourth-order valence-electron chi connectivity index (χ4n) is 3.06. The third-order valence-corrected chi connectivity index (χ3v) is 5.32. The van der Waals surface area contributed by atoms with Crippen molar-refractivity contribution in [3.8, 4) is 5.75 Å². The number of aryl methyl sites for hydroxylation is 2. The van der Waals surface area contributed by atoms with Crippen LogP contribution in [0.5, 0.6) is 5.75 Å². The van der Waals surface area contributed by atoms with Gasteiger partial charge in [-0.05, 0) is 65.0 Å². The van der Waals surface area contributed by atoms with Crippen LogP contribution in [0.1, 0.15) is 59.8 Å². The van der Waals surface area contributed by atoms with Crippen LogP contribution in [0.15, 0.2) is 45.4 Å². The Labute approximate surface area is 179 Å². The van der Waals surface area contributed by atoms with Crippen molar-refractivity contribution in [2.75, 3.05) is 0 Å². The second-order valence-corrected chi connectivity index (χ2v) is 8.04. The predicted molar refractivity (Wildman–Crippen MR) is 115 cm³/mol. The molecule has 1 N–H and O–H groups in total. The summed E-state index contributed by atoms with van der Waals surface area (Å²) in [5.74, 6) is 1.80. The Bertz CT molecular complexity index is 991. The van der Waals surface area contributed by atoms with Crippen LogP contribution >= 0.6 is 15.9 Å². The molecule has 7 heteroatoms. The molecule has 154 valence electrons. The Morgan fingerprint density at radius 1 is 1.31 bits per heavy atom. The number of hydrogen-bond acceptors (Lipinski definition) is 4. The summed E-state index contributed by atoms with van der Waals surface area (Å²) < 4.78 is 14.4. The van der Waals surface area contributed by atoms with Gasteiger partial charge in [0.25, 0.3) is 5.91 Å². The van der Waals surface area contributed by atoms with Crippen LogP contribution in [-0.2, 0) is 19.7 Å². The number of carbonyl (C=O) groups excluding carboxylic acids is 1. The maximum atomic E-state index is 12.4. The summed E-state index contributed by atoms with van der Waals surface area (Å²) >= 11 is 3.46. The topological polar surface area (TPSA) is 69.3 Å². The monoisotopic (exact) mass is 459 g/mol.